The molecule has 0 heterocycles. The van der Waals surface area contributed by atoms with E-state index in [0.717, 1.165) is 12.2 Å². The average molecular weight is 268 g/mol. The molecule has 110 valence electrons. The van der Waals surface area contributed by atoms with Gasteiger partial charge in [-0.2, -0.15) is 0 Å². The molecule has 0 saturated carbocycles. The monoisotopic (exact) mass is 268 g/mol. The molecule has 0 bridgehead atoms. The van der Waals surface area contributed by atoms with Crippen LogP contribution in [-0.4, -0.2) is 29.5 Å². The Morgan fingerprint density at radius 1 is 0.947 bits per heavy atom. The van der Waals surface area contributed by atoms with Crippen LogP contribution in [0.3, 0.4) is 0 Å². The van der Waals surface area contributed by atoms with Crippen molar-refractivity contribution >= 4 is 0 Å². The van der Waals surface area contributed by atoms with E-state index in [0.29, 0.717) is 6.10 Å². The topological polar surface area (TPSA) is 49.7 Å². The van der Waals surface area contributed by atoms with E-state index in [2.05, 4.69) is 13.8 Å². The van der Waals surface area contributed by atoms with Crippen LogP contribution >= 0.6 is 0 Å². The van der Waals surface area contributed by atoms with Gasteiger partial charge in [0.25, 0.3) is 0 Å². The first-order valence-electron chi connectivity index (χ1n) is 7.21. The minimum atomic E-state index is -0.125. The highest BCUT2D eigenvalue weighted by Crippen LogP contribution is 2.17. The van der Waals surface area contributed by atoms with Crippen LogP contribution in [0.25, 0.3) is 0 Å². The second kappa shape index (κ2) is 13.4. The van der Waals surface area contributed by atoms with E-state index < -0.39 is 0 Å². The van der Waals surface area contributed by atoms with Crippen molar-refractivity contribution in [2.24, 2.45) is 0 Å². The van der Waals surface area contributed by atoms with Crippen LogP contribution in [0, 0.1) is 0 Å². The van der Waals surface area contributed by atoms with Gasteiger partial charge in [0.2, 0.25) is 0 Å². The maximum atomic E-state index is 7.62. The Morgan fingerprint density at radius 3 is 2.05 bits per heavy atom. The molecule has 0 spiro atoms. The molecule has 3 nitrogen and oxygen atoms in total. The number of rotatable bonds is 8. The Bertz CT molecular complexity index is 273. The first-order chi connectivity index (χ1) is 9.28. The van der Waals surface area contributed by atoms with Crippen molar-refractivity contribution in [3.05, 3.63) is 30.3 Å². The SMILES string of the molecule is CCCCC(CCC)Oc1ccccc1.OCCO. The van der Waals surface area contributed by atoms with Crippen molar-refractivity contribution in [1.82, 2.24) is 0 Å². The maximum Gasteiger partial charge on any atom is 0.119 e. The standard InChI is InChI=1S/C14H22O.C2H6O2/c1-3-5-10-13(9-4-2)15-14-11-7-6-8-12-14;3-1-2-4/h6-8,11-13H,3-5,9-10H2,1-2H3;3-4H,1-2H2. The molecule has 0 fully saturated rings. The van der Waals surface area contributed by atoms with Crippen molar-refractivity contribution in [3.63, 3.8) is 0 Å². The van der Waals surface area contributed by atoms with E-state index in [9.17, 15) is 0 Å². The Kier molecular flexibility index (Phi) is 12.6. The molecule has 3 heteroatoms. The van der Waals surface area contributed by atoms with Crippen LogP contribution in [0.1, 0.15) is 46.0 Å². The van der Waals surface area contributed by atoms with Gasteiger partial charge in [-0.3, -0.25) is 0 Å². The molecule has 1 rings (SSSR count). The summed E-state index contributed by atoms with van der Waals surface area (Å²) >= 11 is 0. The minimum Gasteiger partial charge on any atom is -0.490 e. The number of benzene rings is 1. The van der Waals surface area contributed by atoms with Crippen molar-refractivity contribution in [2.45, 2.75) is 52.1 Å². The lowest BCUT2D eigenvalue weighted by atomic mass is 10.1. The number of unbranched alkanes of at least 4 members (excludes halogenated alkanes) is 1. The highest BCUT2D eigenvalue weighted by atomic mass is 16.5. The molecule has 0 aliphatic carbocycles. The number of aliphatic hydroxyl groups excluding tert-OH is 2. The fraction of sp³-hybridized carbons (Fsp3) is 0.625. The summed E-state index contributed by atoms with van der Waals surface area (Å²) in [6.07, 6.45) is 6.45. The Morgan fingerprint density at radius 2 is 1.58 bits per heavy atom. The van der Waals surface area contributed by atoms with Crippen molar-refractivity contribution in [2.75, 3.05) is 13.2 Å². The van der Waals surface area contributed by atoms with E-state index >= 15 is 0 Å². The third-order valence-corrected chi connectivity index (χ3v) is 2.64. The summed E-state index contributed by atoms with van der Waals surface area (Å²) in [6, 6.07) is 10.1. The molecule has 1 atom stereocenters. The fourth-order valence-electron chi connectivity index (χ4n) is 1.71. The molecule has 0 aliphatic rings. The van der Waals surface area contributed by atoms with Gasteiger partial charge in [0.15, 0.2) is 0 Å². The molecule has 0 aliphatic heterocycles. The highest BCUT2D eigenvalue weighted by molar-refractivity contribution is 5.21. The van der Waals surface area contributed by atoms with E-state index in [-0.39, 0.29) is 13.2 Å². The lowest BCUT2D eigenvalue weighted by molar-refractivity contribution is 0.176. The van der Waals surface area contributed by atoms with Gasteiger partial charge in [-0.05, 0) is 25.0 Å². The van der Waals surface area contributed by atoms with Gasteiger partial charge < -0.3 is 14.9 Å². The summed E-state index contributed by atoms with van der Waals surface area (Å²) in [6.45, 7) is 4.19. The largest absolute Gasteiger partial charge is 0.490 e. The van der Waals surface area contributed by atoms with Crippen molar-refractivity contribution in [3.8, 4) is 5.75 Å². The summed E-state index contributed by atoms with van der Waals surface area (Å²) in [7, 11) is 0. The van der Waals surface area contributed by atoms with Gasteiger partial charge in [0.1, 0.15) is 5.75 Å². The number of para-hydroxylation sites is 1. The molecule has 1 unspecified atom stereocenters. The molecule has 0 saturated heterocycles. The third-order valence-electron chi connectivity index (χ3n) is 2.64. The van der Waals surface area contributed by atoms with Crippen LogP contribution < -0.4 is 4.74 Å². The maximum absolute atomic E-state index is 7.62. The second-order valence-electron chi connectivity index (χ2n) is 4.43. The molecule has 2 N–H and O–H groups in total. The van der Waals surface area contributed by atoms with Crippen LogP contribution in [0.15, 0.2) is 30.3 Å². The smallest absolute Gasteiger partial charge is 0.119 e. The zero-order valence-electron chi connectivity index (χ0n) is 12.2. The summed E-state index contributed by atoms with van der Waals surface area (Å²) in [5.41, 5.74) is 0. The van der Waals surface area contributed by atoms with Crippen LogP contribution in [-0.2, 0) is 0 Å². The summed E-state index contributed by atoms with van der Waals surface area (Å²) < 4.78 is 5.96. The molecule has 1 aromatic carbocycles. The minimum absolute atomic E-state index is 0.125. The lowest BCUT2D eigenvalue weighted by Gasteiger charge is -2.18. The number of ether oxygens (including phenoxy) is 1. The number of aliphatic hydroxyl groups is 2. The van der Waals surface area contributed by atoms with Crippen molar-refractivity contribution < 1.29 is 14.9 Å². The van der Waals surface area contributed by atoms with E-state index in [1.807, 2.05) is 30.3 Å². The molecule has 1 aromatic rings. The summed E-state index contributed by atoms with van der Waals surface area (Å²) in [5.74, 6) is 1.01. The molecule has 0 radical (unpaired) electrons. The van der Waals surface area contributed by atoms with Crippen molar-refractivity contribution in [1.29, 1.82) is 0 Å². The number of hydrogen-bond donors (Lipinski definition) is 2. The Hall–Kier alpha value is -1.06. The zero-order chi connectivity index (χ0) is 14.3. The van der Waals surface area contributed by atoms with Gasteiger partial charge in [0.05, 0.1) is 19.3 Å². The first-order valence-corrected chi connectivity index (χ1v) is 7.21. The molecular weight excluding hydrogens is 240 g/mol. The third kappa shape index (κ3) is 10.5. The number of hydrogen-bond acceptors (Lipinski definition) is 3. The average Bonchev–Trinajstić information content (AvgIpc) is 2.46. The highest BCUT2D eigenvalue weighted by Gasteiger charge is 2.08. The van der Waals surface area contributed by atoms with Gasteiger partial charge in [0, 0.05) is 0 Å². The predicted octanol–water partition coefficient (Wildman–Crippen LogP) is 3.40. The lowest BCUT2D eigenvalue weighted by Crippen LogP contribution is -2.15. The van der Waals surface area contributed by atoms with Gasteiger partial charge in [-0.1, -0.05) is 51.3 Å². The summed E-state index contributed by atoms with van der Waals surface area (Å²) in [5, 5.41) is 15.2. The van der Waals surface area contributed by atoms with E-state index in [1.54, 1.807) is 0 Å². The summed E-state index contributed by atoms with van der Waals surface area (Å²) in [4.78, 5) is 0. The Balaban J connectivity index is 0.000000711. The van der Waals surface area contributed by atoms with Crippen LogP contribution in [0.5, 0.6) is 5.75 Å². The zero-order valence-corrected chi connectivity index (χ0v) is 12.2. The van der Waals surface area contributed by atoms with Gasteiger partial charge in [-0.25, -0.2) is 0 Å². The van der Waals surface area contributed by atoms with Gasteiger partial charge >= 0.3 is 0 Å². The fourth-order valence-corrected chi connectivity index (χ4v) is 1.71. The van der Waals surface area contributed by atoms with Gasteiger partial charge in [-0.15, -0.1) is 0 Å². The normalized spacial score (nSPS) is 11.4. The van der Waals surface area contributed by atoms with E-state index in [1.165, 1.54) is 25.7 Å². The molecule has 0 aromatic heterocycles. The molecular formula is C16H28O3. The second-order valence-corrected chi connectivity index (χ2v) is 4.43. The Labute approximate surface area is 117 Å². The van der Waals surface area contributed by atoms with Crippen LogP contribution in [0.4, 0.5) is 0 Å². The quantitative estimate of drug-likeness (QED) is 0.759. The molecule has 19 heavy (non-hydrogen) atoms. The van der Waals surface area contributed by atoms with E-state index in [4.69, 9.17) is 14.9 Å². The first kappa shape index (κ1) is 17.9. The predicted molar refractivity (Wildman–Crippen MR) is 79.5 cm³/mol. The molecule has 0 amide bonds. The van der Waals surface area contributed by atoms with Crippen LogP contribution in [0.2, 0.25) is 0 Å².